The highest BCUT2D eigenvalue weighted by Gasteiger charge is 2.41. The van der Waals surface area contributed by atoms with E-state index >= 15 is 0 Å². The van der Waals surface area contributed by atoms with Crippen molar-refractivity contribution >= 4 is 10.0 Å². The molecule has 2 N–H and O–H groups in total. The lowest BCUT2D eigenvalue weighted by Crippen LogP contribution is -2.45. The van der Waals surface area contributed by atoms with E-state index in [2.05, 4.69) is 4.72 Å². The highest BCUT2D eigenvalue weighted by Crippen LogP contribution is 2.40. The van der Waals surface area contributed by atoms with Crippen molar-refractivity contribution in [3.05, 3.63) is 17.1 Å². The summed E-state index contributed by atoms with van der Waals surface area (Å²) in [6, 6.07) is 0. The molecule has 0 unspecified atom stereocenters. The van der Waals surface area contributed by atoms with Gasteiger partial charge in [-0.05, 0) is 46.5 Å². The molecule has 1 aromatic heterocycles. The first kappa shape index (κ1) is 14.6. The number of hydrogen-bond acceptors (Lipinski definition) is 4. The zero-order valence-corrected chi connectivity index (χ0v) is 12.6. The number of rotatable bonds is 5. The molecule has 6 heteroatoms. The molecule has 2 rings (SSSR count). The normalized spacial score (nSPS) is 16.9. The maximum absolute atomic E-state index is 12.5. The van der Waals surface area contributed by atoms with E-state index in [1.165, 1.54) is 0 Å². The van der Waals surface area contributed by atoms with Crippen molar-refractivity contribution in [2.24, 2.45) is 5.92 Å². The first-order valence-electron chi connectivity index (χ1n) is 6.42. The lowest BCUT2D eigenvalue weighted by atomic mass is 10.0. The van der Waals surface area contributed by atoms with Gasteiger partial charge < -0.3 is 9.52 Å². The van der Waals surface area contributed by atoms with Crippen molar-refractivity contribution in [3.63, 3.8) is 0 Å². The number of aryl methyl sites for hydroxylation is 2. The predicted octanol–water partition coefficient (Wildman–Crippen LogP) is 1.86. The van der Waals surface area contributed by atoms with Crippen LogP contribution in [0.3, 0.4) is 0 Å². The molecule has 1 fully saturated rings. The second-order valence-electron chi connectivity index (χ2n) is 5.78. The minimum atomic E-state index is -3.68. The fraction of sp³-hybridized carbons (Fsp3) is 0.692. The Morgan fingerprint density at radius 2 is 1.89 bits per heavy atom. The van der Waals surface area contributed by atoms with Crippen molar-refractivity contribution in [2.75, 3.05) is 0 Å². The fourth-order valence-corrected chi connectivity index (χ4v) is 4.44. The Morgan fingerprint density at radius 1 is 1.32 bits per heavy atom. The van der Waals surface area contributed by atoms with Crippen molar-refractivity contribution in [1.29, 1.82) is 0 Å². The standard InChI is InChI=1S/C13H21NO4S/c1-8-11(7-15)12(9(2)18-8)19(16,17)14-13(3,4)10-5-6-10/h10,14-15H,5-7H2,1-4H3. The van der Waals surface area contributed by atoms with Crippen LogP contribution >= 0.6 is 0 Å². The molecule has 1 saturated carbocycles. The molecule has 19 heavy (non-hydrogen) atoms. The Labute approximate surface area is 114 Å². The van der Waals surface area contributed by atoms with E-state index in [0.29, 0.717) is 23.0 Å². The second kappa shape index (κ2) is 4.61. The van der Waals surface area contributed by atoms with Gasteiger partial charge >= 0.3 is 0 Å². The van der Waals surface area contributed by atoms with Crippen LogP contribution in [0.4, 0.5) is 0 Å². The summed E-state index contributed by atoms with van der Waals surface area (Å²) in [5, 5.41) is 9.34. The lowest BCUT2D eigenvalue weighted by Gasteiger charge is -2.25. The average molecular weight is 287 g/mol. The monoisotopic (exact) mass is 287 g/mol. The molecule has 1 aliphatic rings. The van der Waals surface area contributed by atoms with Crippen LogP contribution in [0, 0.1) is 19.8 Å². The maximum atomic E-state index is 12.5. The van der Waals surface area contributed by atoms with Crippen molar-refractivity contribution in [3.8, 4) is 0 Å². The first-order chi connectivity index (χ1) is 8.69. The van der Waals surface area contributed by atoms with E-state index in [0.717, 1.165) is 12.8 Å². The van der Waals surface area contributed by atoms with Gasteiger partial charge in [-0.3, -0.25) is 0 Å². The smallest absolute Gasteiger partial charge is 0.244 e. The minimum Gasteiger partial charge on any atom is -0.465 e. The molecular formula is C13H21NO4S. The molecule has 1 aromatic rings. The van der Waals surface area contributed by atoms with Crippen molar-refractivity contribution in [1.82, 2.24) is 4.72 Å². The van der Waals surface area contributed by atoms with Gasteiger partial charge in [0, 0.05) is 11.1 Å². The molecule has 0 bridgehead atoms. The van der Waals surface area contributed by atoms with Gasteiger partial charge in [-0.2, -0.15) is 0 Å². The van der Waals surface area contributed by atoms with E-state index in [-0.39, 0.29) is 11.5 Å². The lowest BCUT2D eigenvalue weighted by molar-refractivity contribution is 0.276. The first-order valence-corrected chi connectivity index (χ1v) is 7.91. The van der Waals surface area contributed by atoms with Crippen LogP contribution in [-0.4, -0.2) is 19.1 Å². The predicted molar refractivity (Wildman–Crippen MR) is 71.2 cm³/mol. The zero-order valence-electron chi connectivity index (χ0n) is 11.8. The summed E-state index contributed by atoms with van der Waals surface area (Å²) >= 11 is 0. The van der Waals surface area contributed by atoms with Crippen LogP contribution in [0.2, 0.25) is 0 Å². The summed E-state index contributed by atoms with van der Waals surface area (Å²) in [5.41, 5.74) is -0.125. The van der Waals surface area contributed by atoms with Crippen LogP contribution in [0.5, 0.6) is 0 Å². The van der Waals surface area contributed by atoms with Gasteiger partial charge in [-0.25, -0.2) is 13.1 Å². The third-order valence-electron chi connectivity index (χ3n) is 3.75. The Hall–Kier alpha value is -0.850. The van der Waals surface area contributed by atoms with E-state index < -0.39 is 15.6 Å². The molecule has 0 radical (unpaired) electrons. The number of hydrogen-bond donors (Lipinski definition) is 2. The van der Waals surface area contributed by atoms with Crippen LogP contribution in [0.1, 0.15) is 43.8 Å². The van der Waals surface area contributed by atoms with Crippen LogP contribution in [-0.2, 0) is 16.6 Å². The van der Waals surface area contributed by atoms with Gasteiger partial charge in [0.05, 0.1) is 6.61 Å². The van der Waals surface area contributed by atoms with Crippen LogP contribution in [0.15, 0.2) is 9.31 Å². The van der Waals surface area contributed by atoms with E-state index in [1.54, 1.807) is 13.8 Å². The molecule has 1 aliphatic carbocycles. The summed E-state index contributed by atoms with van der Waals surface area (Å²) in [4.78, 5) is 0.0845. The average Bonchev–Trinajstić information content (AvgIpc) is 3.03. The third kappa shape index (κ3) is 2.70. The number of nitrogens with one attached hydrogen (secondary N) is 1. The topological polar surface area (TPSA) is 79.5 Å². The summed E-state index contributed by atoms with van der Waals surface area (Å²) in [5.74, 6) is 1.15. The summed E-state index contributed by atoms with van der Waals surface area (Å²) in [6.45, 7) is 6.70. The van der Waals surface area contributed by atoms with Gasteiger partial charge in [-0.15, -0.1) is 0 Å². The highest BCUT2D eigenvalue weighted by molar-refractivity contribution is 7.89. The molecule has 0 atom stereocenters. The van der Waals surface area contributed by atoms with Crippen LogP contribution in [0.25, 0.3) is 0 Å². The highest BCUT2D eigenvalue weighted by atomic mass is 32.2. The van der Waals surface area contributed by atoms with Crippen molar-refractivity contribution in [2.45, 2.75) is 57.6 Å². The number of aliphatic hydroxyl groups is 1. The summed E-state index contributed by atoms with van der Waals surface area (Å²) < 4.78 is 33.1. The quantitative estimate of drug-likeness (QED) is 0.866. The SMILES string of the molecule is Cc1oc(C)c(S(=O)(=O)NC(C)(C)C2CC2)c1CO. The number of furan rings is 1. The largest absolute Gasteiger partial charge is 0.465 e. The molecule has 1 heterocycles. The van der Waals surface area contributed by atoms with Crippen molar-refractivity contribution < 1.29 is 17.9 Å². The number of sulfonamides is 1. The zero-order chi connectivity index (χ0) is 14.4. The maximum Gasteiger partial charge on any atom is 0.244 e. The molecule has 0 saturated heterocycles. The van der Waals surface area contributed by atoms with Gasteiger partial charge in [0.1, 0.15) is 16.4 Å². The van der Waals surface area contributed by atoms with E-state index in [9.17, 15) is 13.5 Å². The second-order valence-corrected chi connectivity index (χ2v) is 7.40. The Kier molecular flexibility index (Phi) is 3.53. The van der Waals surface area contributed by atoms with Gasteiger partial charge in [0.15, 0.2) is 0 Å². The Morgan fingerprint density at radius 3 is 2.37 bits per heavy atom. The van der Waals surface area contributed by atoms with Crippen LogP contribution < -0.4 is 4.72 Å². The molecule has 0 aromatic carbocycles. The van der Waals surface area contributed by atoms with E-state index in [1.807, 2.05) is 13.8 Å². The van der Waals surface area contributed by atoms with Gasteiger partial charge in [0.2, 0.25) is 10.0 Å². The molecule has 0 amide bonds. The Balaban J connectivity index is 2.39. The molecule has 5 nitrogen and oxygen atoms in total. The summed E-state index contributed by atoms with van der Waals surface area (Å²) in [6.07, 6.45) is 2.09. The minimum absolute atomic E-state index is 0.0845. The Bertz CT molecular complexity index is 582. The summed E-state index contributed by atoms with van der Waals surface area (Å²) in [7, 11) is -3.68. The van der Waals surface area contributed by atoms with Gasteiger partial charge in [0.25, 0.3) is 0 Å². The third-order valence-corrected chi connectivity index (χ3v) is 5.61. The van der Waals surface area contributed by atoms with E-state index in [4.69, 9.17) is 4.42 Å². The van der Waals surface area contributed by atoms with Gasteiger partial charge in [-0.1, -0.05) is 0 Å². The molecule has 0 aliphatic heterocycles. The number of aliphatic hydroxyl groups excluding tert-OH is 1. The molecular weight excluding hydrogens is 266 g/mol. The molecule has 108 valence electrons. The molecule has 0 spiro atoms. The fourth-order valence-electron chi connectivity index (χ4n) is 2.53.